The number of nitrogens with one attached hydrogen (secondary N) is 1. The smallest absolute Gasteiger partial charge is 0.239 e. The number of benzene rings is 1. The van der Waals surface area contributed by atoms with Crippen LogP contribution in [0.3, 0.4) is 0 Å². The average molecular weight is 416 g/mol. The van der Waals surface area contributed by atoms with E-state index in [0.29, 0.717) is 6.54 Å². The van der Waals surface area contributed by atoms with Crippen molar-refractivity contribution < 1.29 is 9.53 Å². The number of aryl methyl sites for hydroxylation is 1. The minimum atomic E-state index is -0.0389. The third-order valence-electron chi connectivity index (χ3n) is 6.02. The molecule has 2 fully saturated rings. The van der Waals surface area contributed by atoms with Gasteiger partial charge in [-0.2, -0.15) is 0 Å². The van der Waals surface area contributed by atoms with Crippen molar-refractivity contribution in [1.29, 1.82) is 0 Å². The number of carbonyl (C=O) groups excluding carboxylic acids is 1. The summed E-state index contributed by atoms with van der Waals surface area (Å²) < 4.78 is 6.01. The first-order chi connectivity index (χ1) is 14.5. The van der Waals surface area contributed by atoms with Crippen LogP contribution in [-0.4, -0.2) is 91.6 Å². The molecule has 2 unspecified atom stereocenters. The molecule has 2 aliphatic rings. The molecular weight excluding hydrogens is 378 g/mol. The van der Waals surface area contributed by atoms with Crippen LogP contribution in [-0.2, 0) is 4.79 Å². The number of hydrogen-bond acceptors (Lipinski definition) is 4. The standard InChI is InChI=1S/C23H37N5O2/c1-18-8-7-9-21(16-18)30-19(2)17-25-23(24-4)28-14-12-26(13-15-28)20(3)22(29)27-10-5-6-11-27/h7-9,16,19-20H,5-6,10-15,17H2,1-4H3,(H,24,25). The molecule has 7 heteroatoms. The fraction of sp³-hybridized carbons (Fsp3) is 0.652. The fourth-order valence-electron chi connectivity index (χ4n) is 4.21. The molecule has 2 aliphatic heterocycles. The number of piperazine rings is 1. The third kappa shape index (κ3) is 5.88. The molecular formula is C23H37N5O2. The normalized spacial score (nSPS) is 20.2. The Balaban J connectivity index is 1.43. The van der Waals surface area contributed by atoms with Crippen molar-refractivity contribution in [2.75, 3.05) is 52.9 Å². The molecule has 7 nitrogen and oxygen atoms in total. The second-order valence-corrected chi connectivity index (χ2v) is 8.40. The van der Waals surface area contributed by atoms with E-state index in [1.165, 1.54) is 5.56 Å². The zero-order valence-corrected chi connectivity index (χ0v) is 18.9. The van der Waals surface area contributed by atoms with Crippen LogP contribution in [0.25, 0.3) is 0 Å². The highest BCUT2D eigenvalue weighted by molar-refractivity contribution is 5.82. The van der Waals surface area contributed by atoms with Crippen LogP contribution in [0.2, 0.25) is 0 Å². The average Bonchev–Trinajstić information content (AvgIpc) is 3.28. The van der Waals surface area contributed by atoms with Gasteiger partial charge in [-0.15, -0.1) is 0 Å². The molecule has 2 heterocycles. The molecule has 1 N–H and O–H groups in total. The summed E-state index contributed by atoms with van der Waals surface area (Å²) in [5.74, 6) is 2.07. The minimum Gasteiger partial charge on any atom is -0.489 e. The van der Waals surface area contributed by atoms with E-state index >= 15 is 0 Å². The fourth-order valence-corrected chi connectivity index (χ4v) is 4.21. The Bertz CT molecular complexity index is 724. The molecule has 166 valence electrons. The predicted octanol–water partition coefficient (Wildman–Crippen LogP) is 1.97. The lowest BCUT2D eigenvalue weighted by Crippen LogP contribution is -2.57. The van der Waals surface area contributed by atoms with E-state index in [1.54, 1.807) is 0 Å². The molecule has 1 aromatic carbocycles. The Morgan fingerprint density at radius 1 is 1.10 bits per heavy atom. The number of guanidine groups is 1. The number of nitrogens with zero attached hydrogens (tertiary/aromatic N) is 4. The molecule has 2 saturated heterocycles. The highest BCUT2D eigenvalue weighted by atomic mass is 16.5. The lowest BCUT2D eigenvalue weighted by molar-refractivity contribution is -0.135. The van der Waals surface area contributed by atoms with Gasteiger partial charge < -0.3 is 19.9 Å². The number of likely N-dealkylation sites (tertiary alicyclic amines) is 1. The zero-order valence-electron chi connectivity index (χ0n) is 18.9. The molecule has 0 aromatic heterocycles. The lowest BCUT2D eigenvalue weighted by Gasteiger charge is -2.39. The van der Waals surface area contributed by atoms with Crippen molar-refractivity contribution in [1.82, 2.24) is 20.0 Å². The van der Waals surface area contributed by atoms with Crippen molar-refractivity contribution in [2.24, 2.45) is 4.99 Å². The largest absolute Gasteiger partial charge is 0.489 e. The molecule has 3 rings (SSSR count). The molecule has 1 amide bonds. The van der Waals surface area contributed by atoms with Gasteiger partial charge in [0.1, 0.15) is 11.9 Å². The number of aliphatic imine (C=N–C) groups is 1. The summed E-state index contributed by atoms with van der Waals surface area (Å²) in [6, 6.07) is 8.08. The summed E-state index contributed by atoms with van der Waals surface area (Å²) in [6.45, 7) is 12.2. The Kier molecular flexibility index (Phi) is 7.96. The maximum Gasteiger partial charge on any atom is 0.239 e. The number of carbonyl (C=O) groups is 1. The number of amides is 1. The second-order valence-electron chi connectivity index (χ2n) is 8.40. The Morgan fingerprint density at radius 3 is 2.43 bits per heavy atom. The number of rotatable bonds is 6. The Hall–Kier alpha value is -2.28. The van der Waals surface area contributed by atoms with Gasteiger partial charge in [0, 0.05) is 46.3 Å². The summed E-state index contributed by atoms with van der Waals surface area (Å²) >= 11 is 0. The summed E-state index contributed by atoms with van der Waals surface area (Å²) in [5, 5.41) is 3.44. The highest BCUT2D eigenvalue weighted by Gasteiger charge is 2.30. The van der Waals surface area contributed by atoms with Gasteiger partial charge in [0.05, 0.1) is 12.6 Å². The molecule has 0 radical (unpaired) electrons. The third-order valence-corrected chi connectivity index (χ3v) is 6.02. The van der Waals surface area contributed by atoms with Gasteiger partial charge in [0.2, 0.25) is 5.91 Å². The minimum absolute atomic E-state index is 0.0305. The van der Waals surface area contributed by atoms with Crippen LogP contribution >= 0.6 is 0 Å². The summed E-state index contributed by atoms with van der Waals surface area (Å²) in [5.41, 5.74) is 1.19. The zero-order chi connectivity index (χ0) is 21.5. The van der Waals surface area contributed by atoms with E-state index < -0.39 is 0 Å². The van der Waals surface area contributed by atoms with E-state index in [9.17, 15) is 4.79 Å². The van der Waals surface area contributed by atoms with Crippen LogP contribution in [0.15, 0.2) is 29.3 Å². The van der Waals surface area contributed by atoms with Crippen LogP contribution in [0, 0.1) is 6.92 Å². The molecule has 1 aromatic rings. The molecule has 0 aliphatic carbocycles. The van der Waals surface area contributed by atoms with E-state index in [2.05, 4.69) is 46.1 Å². The molecule has 0 spiro atoms. The van der Waals surface area contributed by atoms with E-state index in [-0.39, 0.29) is 18.1 Å². The SMILES string of the molecule is CN=C(NCC(C)Oc1cccc(C)c1)N1CCN(C(C)C(=O)N2CCCC2)CC1. The van der Waals surface area contributed by atoms with Gasteiger partial charge in [-0.1, -0.05) is 12.1 Å². The first kappa shape index (κ1) is 22.4. The van der Waals surface area contributed by atoms with Gasteiger partial charge in [-0.05, 0) is 51.3 Å². The Labute approximate surface area is 181 Å². The van der Waals surface area contributed by atoms with Gasteiger partial charge in [0.15, 0.2) is 5.96 Å². The van der Waals surface area contributed by atoms with Gasteiger partial charge >= 0.3 is 0 Å². The van der Waals surface area contributed by atoms with Crippen LogP contribution in [0.1, 0.15) is 32.3 Å². The highest BCUT2D eigenvalue weighted by Crippen LogP contribution is 2.15. The molecule has 2 atom stereocenters. The summed E-state index contributed by atoms with van der Waals surface area (Å²) in [7, 11) is 1.82. The van der Waals surface area contributed by atoms with Crippen molar-refractivity contribution >= 4 is 11.9 Å². The van der Waals surface area contributed by atoms with Crippen molar-refractivity contribution in [2.45, 2.75) is 45.8 Å². The first-order valence-corrected chi connectivity index (χ1v) is 11.2. The topological polar surface area (TPSA) is 60.4 Å². The van der Waals surface area contributed by atoms with E-state index in [0.717, 1.165) is 63.8 Å². The van der Waals surface area contributed by atoms with Gasteiger partial charge in [-0.3, -0.25) is 14.7 Å². The van der Waals surface area contributed by atoms with E-state index in [1.807, 2.05) is 31.0 Å². The molecule has 0 bridgehead atoms. The maximum atomic E-state index is 12.7. The van der Waals surface area contributed by atoms with Crippen LogP contribution < -0.4 is 10.1 Å². The van der Waals surface area contributed by atoms with Gasteiger partial charge in [0.25, 0.3) is 0 Å². The maximum absolute atomic E-state index is 12.7. The van der Waals surface area contributed by atoms with Crippen LogP contribution in [0.5, 0.6) is 5.75 Å². The molecule has 30 heavy (non-hydrogen) atoms. The molecule has 0 saturated carbocycles. The van der Waals surface area contributed by atoms with Crippen molar-refractivity contribution in [3.63, 3.8) is 0 Å². The van der Waals surface area contributed by atoms with Crippen molar-refractivity contribution in [3.05, 3.63) is 29.8 Å². The second kappa shape index (κ2) is 10.7. The number of hydrogen-bond donors (Lipinski definition) is 1. The Morgan fingerprint density at radius 2 is 1.80 bits per heavy atom. The summed E-state index contributed by atoms with van der Waals surface area (Å²) in [6.07, 6.45) is 2.31. The quantitative estimate of drug-likeness (QED) is 0.569. The lowest BCUT2D eigenvalue weighted by atomic mass is 10.2. The predicted molar refractivity (Wildman–Crippen MR) is 121 cm³/mol. The van der Waals surface area contributed by atoms with Crippen LogP contribution in [0.4, 0.5) is 0 Å². The first-order valence-electron chi connectivity index (χ1n) is 11.2. The summed E-state index contributed by atoms with van der Waals surface area (Å²) in [4.78, 5) is 23.7. The number of ether oxygens (including phenoxy) is 1. The van der Waals surface area contributed by atoms with Gasteiger partial charge in [-0.25, -0.2) is 0 Å². The van der Waals surface area contributed by atoms with E-state index in [4.69, 9.17) is 4.74 Å². The van der Waals surface area contributed by atoms with Crippen molar-refractivity contribution in [3.8, 4) is 5.75 Å². The monoisotopic (exact) mass is 415 g/mol.